The van der Waals surface area contributed by atoms with Crippen LogP contribution in [0, 0.1) is 11.7 Å². The Kier molecular flexibility index (Phi) is 10.3. The lowest BCUT2D eigenvalue weighted by Crippen LogP contribution is -2.52. The van der Waals surface area contributed by atoms with Crippen LogP contribution in [-0.4, -0.2) is 63.9 Å². The summed E-state index contributed by atoms with van der Waals surface area (Å²) in [5.74, 6) is 1.16. The topological polar surface area (TPSA) is 160 Å². The van der Waals surface area contributed by atoms with Gasteiger partial charge in [-0.15, -0.1) is 0 Å². The zero-order chi connectivity index (χ0) is 31.9. The number of primary amides is 1. The first-order valence-electron chi connectivity index (χ1n) is 14.7. The van der Waals surface area contributed by atoms with Gasteiger partial charge in [-0.25, -0.2) is 19.3 Å². The largest absolute Gasteiger partial charge is 0.493 e. The number of benzene rings is 2. The lowest BCUT2D eigenvalue weighted by atomic mass is 9.99. The Hall–Kier alpha value is -4.49. The Morgan fingerprint density at radius 1 is 1.16 bits per heavy atom. The number of hydrogen-bond acceptors (Lipinski definition) is 9. The van der Waals surface area contributed by atoms with Gasteiger partial charge in [0.15, 0.2) is 11.5 Å². The molecule has 4 aromatic rings. The Morgan fingerprint density at radius 2 is 1.98 bits per heavy atom. The van der Waals surface area contributed by atoms with Crippen LogP contribution in [0.4, 0.5) is 15.9 Å². The van der Waals surface area contributed by atoms with E-state index >= 15 is 0 Å². The van der Waals surface area contributed by atoms with Crippen molar-refractivity contribution in [1.82, 2.24) is 30.2 Å². The number of nitrogens with one attached hydrogen (secondary N) is 3. The van der Waals surface area contributed by atoms with Crippen molar-refractivity contribution in [3.8, 4) is 11.5 Å². The second-order valence-corrected chi connectivity index (χ2v) is 11.5. The molecule has 238 valence electrons. The number of hydrogen-bond donors (Lipinski definition) is 4. The lowest BCUT2D eigenvalue weighted by molar-refractivity contribution is -0.130. The Balaban J connectivity index is 1.29. The van der Waals surface area contributed by atoms with Crippen LogP contribution in [-0.2, 0) is 16.2 Å². The number of anilines is 2. The van der Waals surface area contributed by atoms with E-state index in [0.29, 0.717) is 64.7 Å². The highest BCUT2D eigenvalue weighted by atomic mass is 35.5. The fourth-order valence-electron chi connectivity index (χ4n) is 5.19. The van der Waals surface area contributed by atoms with Crippen molar-refractivity contribution in [2.75, 3.05) is 32.6 Å². The average Bonchev–Trinajstić information content (AvgIpc) is 3.48. The van der Waals surface area contributed by atoms with Crippen LogP contribution >= 0.6 is 11.6 Å². The molecule has 14 heteroatoms. The summed E-state index contributed by atoms with van der Waals surface area (Å²) in [6.45, 7) is 1.59. The van der Waals surface area contributed by atoms with Crippen molar-refractivity contribution in [2.24, 2.45) is 11.7 Å². The number of carbonyl (C=O) groups is 2. The molecule has 45 heavy (non-hydrogen) atoms. The molecule has 1 fully saturated rings. The normalized spacial score (nSPS) is 14.1. The number of H-pyrrole nitrogens is 1. The zero-order valence-corrected chi connectivity index (χ0v) is 25.9. The number of aromatic nitrogens is 4. The summed E-state index contributed by atoms with van der Waals surface area (Å²) < 4.78 is 25.4. The molecule has 3 heterocycles. The van der Waals surface area contributed by atoms with Gasteiger partial charge in [0.05, 0.1) is 41.5 Å². The van der Waals surface area contributed by atoms with Gasteiger partial charge in [0.25, 0.3) is 0 Å². The van der Waals surface area contributed by atoms with Crippen molar-refractivity contribution in [3.05, 3.63) is 65.2 Å². The van der Waals surface area contributed by atoms with Crippen LogP contribution in [0.3, 0.4) is 0 Å². The molecule has 2 amide bonds. The zero-order valence-electron chi connectivity index (χ0n) is 25.1. The summed E-state index contributed by atoms with van der Waals surface area (Å²) in [5.41, 5.74) is 7.14. The number of fused-ring (bicyclic) bond motifs is 1. The van der Waals surface area contributed by atoms with E-state index in [1.165, 1.54) is 18.5 Å². The Bertz CT molecular complexity index is 1660. The molecule has 0 bridgehead atoms. The summed E-state index contributed by atoms with van der Waals surface area (Å²) >= 11 is 5.95. The van der Waals surface area contributed by atoms with Crippen molar-refractivity contribution in [2.45, 2.75) is 44.8 Å². The molecule has 2 aromatic heterocycles. The number of nitrogens with two attached hydrogens (primary N) is 1. The number of ether oxygens (including phenoxy) is 2. The maximum absolute atomic E-state index is 13.7. The summed E-state index contributed by atoms with van der Waals surface area (Å²) in [6.07, 6.45) is 6.41. The van der Waals surface area contributed by atoms with Crippen LogP contribution in [0.15, 0.2) is 42.9 Å². The van der Waals surface area contributed by atoms with E-state index in [2.05, 4.69) is 35.5 Å². The molecule has 0 aliphatic carbocycles. The fourth-order valence-corrected chi connectivity index (χ4v) is 5.37. The number of imidazole rings is 1. The summed E-state index contributed by atoms with van der Waals surface area (Å²) in [6, 6.07) is 7.51. The maximum Gasteiger partial charge on any atom is 0.226 e. The first-order chi connectivity index (χ1) is 21.7. The summed E-state index contributed by atoms with van der Waals surface area (Å²) in [4.78, 5) is 42.6. The van der Waals surface area contributed by atoms with Crippen LogP contribution in [0.1, 0.15) is 49.7 Å². The smallest absolute Gasteiger partial charge is 0.226 e. The van der Waals surface area contributed by atoms with E-state index < -0.39 is 5.82 Å². The van der Waals surface area contributed by atoms with Gasteiger partial charge >= 0.3 is 0 Å². The third-order valence-electron chi connectivity index (χ3n) is 7.63. The number of halogens is 2. The van der Waals surface area contributed by atoms with E-state index in [0.717, 1.165) is 25.9 Å². The van der Waals surface area contributed by atoms with E-state index in [9.17, 15) is 14.0 Å². The highest BCUT2D eigenvalue weighted by molar-refractivity contribution is 6.31. The predicted molar refractivity (Wildman–Crippen MR) is 168 cm³/mol. The molecular formula is C31H36ClFN8O4. The second kappa shape index (κ2) is 14.5. The molecule has 2 aromatic carbocycles. The van der Waals surface area contributed by atoms with Gasteiger partial charge in [-0.05, 0) is 44.2 Å². The van der Waals surface area contributed by atoms with Crippen LogP contribution < -0.4 is 25.8 Å². The fraction of sp³-hybridized carbons (Fsp3) is 0.387. The standard InChI is InChI=1S/C31H36ClFN8O4/c1-41-14-18(15-41)31(43)40-24(6-4-3-5-7-28(34)42)30-35-13-20(39-30)16-45-27-11-21-25(12-26(27)44-2)36-17-37-29(21)38-19-8-9-23(33)22(32)10-19/h8-13,17-18,24H,3-7,14-16H2,1-2H3,(H2,34,42)(H,35,39)(H,40,43)(H,36,37,38)/t24-/m0/s1. The summed E-state index contributed by atoms with van der Waals surface area (Å²) in [5, 5.41) is 6.95. The second-order valence-electron chi connectivity index (χ2n) is 11.1. The van der Waals surface area contributed by atoms with Crippen molar-refractivity contribution < 1.29 is 23.5 Å². The predicted octanol–water partition coefficient (Wildman–Crippen LogP) is 4.63. The van der Waals surface area contributed by atoms with Crippen LogP contribution in [0.5, 0.6) is 11.5 Å². The number of unbranched alkanes of at least 4 members (excludes halogenated alkanes) is 2. The molecule has 0 radical (unpaired) electrons. The molecule has 1 aliphatic rings. The quantitative estimate of drug-likeness (QED) is 0.136. The van der Waals surface area contributed by atoms with E-state index in [-0.39, 0.29) is 35.4 Å². The van der Waals surface area contributed by atoms with Crippen molar-refractivity contribution in [1.29, 1.82) is 0 Å². The molecule has 5 rings (SSSR count). The van der Waals surface area contributed by atoms with E-state index in [1.54, 1.807) is 31.5 Å². The molecule has 0 spiro atoms. The minimum Gasteiger partial charge on any atom is -0.493 e. The number of carbonyl (C=O) groups excluding carboxylic acids is 2. The third-order valence-corrected chi connectivity index (χ3v) is 7.92. The van der Waals surface area contributed by atoms with Gasteiger partial charge in [0, 0.05) is 36.7 Å². The number of methoxy groups -OCH3 is 1. The number of aromatic amines is 1. The molecule has 5 N–H and O–H groups in total. The minimum atomic E-state index is -0.516. The molecular weight excluding hydrogens is 603 g/mol. The van der Waals surface area contributed by atoms with Gasteiger partial charge in [-0.2, -0.15) is 0 Å². The SMILES string of the molecule is COc1cc2ncnc(Nc3ccc(F)c(Cl)c3)c2cc1OCc1cnc([C@H](CCCCCC(N)=O)NC(=O)C2CN(C)C2)[nH]1. The molecule has 0 saturated carbocycles. The van der Waals surface area contributed by atoms with E-state index in [1.807, 2.05) is 7.05 Å². The van der Waals surface area contributed by atoms with Crippen molar-refractivity contribution >= 4 is 45.8 Å². The van der Waals surface area contributed by atoms with Gasteiger partial charge in [-0.3, -0.25) is 9.59 Å². The van der Waals surface area contributed by atoms with Gasteiger partial charge < -0.3 is 35.7 Å². The maximum atomic E-state index is 13.7. The average molecular weight is 639 g/mol. The first kappa shape index (κ1) is 31.9. The van der Waals surface area contributed by atoms with Gasteiger partial charge in [0.1, 0.15) is 30.4 Å². The number of likely N-dealkylation sites (tertiary alicyclic amines) is 1. The molecule has 12 nitrogen and oxygen atoms in total. The minimum absolute atomic E-state index is 0.000114. The number of amides is 2. The summed E-state index contributed by atoms with van der Waals surface area (Å²) in [7, 11) is 3.52. The Labute approximate surface area is 264 Å². The van der Waals surface area contributed by atoms with Crippen LogP contribution in [0.2, 0.25) is 5.02 Å². The van der Waals surface area contributed by atoms with Gasteiger partial charge in [0.2, 0.25) is 11.8 Å². The van der Waals surface area contributed by atoms with Crippen LogP contribution in [0.25, 0.3) is 10.9 Å². The van der Waals surface area contributed by atoms with Gasteiger partial charge in [-0.1, -0.05) is 24.4 Å². The molecule has 1 saturated heterocycles. The molecule has 0 unspecified atom stereocenters. The Morgan fingerprint density at radius 3 is 2.71 bits per heavy atom. The highest BCUT2D eigenvalue weighted by Crippen LogP contribution is 2.35. The van der Waals surface area contributed by atoms with Crippen molar-refractivity contribution in [3.63, 3.8) is 0 Å². The number of nitrogens with zero attached hydrogens (tertiary/aromatic N) is 4. The first-order valence-corrected chi connectivity index (χ1v) is 15.1. The van der Waals surface area contributed by atoms with E-state index in [4.69, 9.17) is 26.8 Å². The third kappa shape index (κ3) is 8.17. The number of rotatable bonds is 15. The monoisotopic (exact) mass is 638 g/mol. The lowest BCUT2D eigenvalue weighted by Gasteiger charge is -2.35. The molecule has 1 aliphatic heterocycles. The molecule has 1 atom stereocenters. The highest BCUT2D eigenvalue weighted by Gasteiger charge is 2.31.